The molecule has 1 aliphatic heterocycles. The molecule has 1 aromatic rings. The standard InChI is InChI=1S/C15H23N3O2/c1-4-5-18-9-16-8-13(18)11-7-14(19)17-15(20)12(11)6-10(2)3/h8-12H,4-7H2,1-3H3,(H,17,19,20). The third-order valence-corrected chi connectivity index (χ3v) is 3.80. The summed E-state index contributed by atoms with van der Waals surface area (Å²) in [5.41, 5.74) is 1.01. The molecule has 5 heteroatoms. The number of amides is 2. The lowest BCUT2D eigenvalue weighted by Crippen LogP contribution is -2.45. The molecule has 0 bridgehead atoms. The van der Waals surface area contributed by atoms with E-state index in [2.05, 4.69) is 35.6 Å². The van der Waals surface area contributed by atoms with Crippen LogP contribution in [0.3, 0.4) is 0 Å². The van der Waals surface area contributed by atoms with Crippen LogP contribution in [-0.2, 0) is 16.1 Å². The number of imidazole rings is 1. The molecule has 1 saturated heterocycles. The van der Waals surface area contributed by atoms with Gasteiger partial charge in [0.2, 0.25) is 11.8 Å². The summed E-state index contributed by atoms with van der Waals surface area (Å²) >= 11 is 0. The van der Waals surface area contributed by atoms with Crippen LogP contribution in [0.4, 0.5) is 0 Å². The molecule has 1 aromatic heterocycles. The highest BCUT2D eigenvalue weighted by atomic mass is 16.2. The molecule has 20 heavy (non-hydrogen) atoms. The monoisotopic (exact) mass is 277 g/mol. The van der Waals surface area contributed by atoms with Crippen LogP contribution in [-0.4, -0.2) is 21.4 Å². The van der Waals surface area contributed by atoms with Crippen LogP contribution in [0.15, 0.2) is 12.5 Å². The zero-order valence-electron chi connectivity index (χ0n) is 12.4. The van der Waals surface area contributed by atoms with E-state index in [0.29, 0.717) is 12.3 Å². The zero-order chi connectivity index (χ0) is 14.7. The second-order valence-electron chi connectivity index (χ2n) is 5.97. The van der Waals surface area contributed by atoms with E-state index in [-0.39, 0.29) is 23.7 Å². The van der Waals surface area contributed by atoms with Crippen LogP contribution in [0, 0.1) is 11.8 Å². The molecule has 0 aromatic carbocycles. The summed E-state index contributed by atoms with van der Waals surface area (Å²) in [6, 6.07) is 0. The molecule has 2 atom stereocenters. The molecule has 0 aliphatic carbocycles. The molecular formula is C15H23N3O2. The van der Waals surface area contributed by atoms with Gasteiger partial charge in [-0.25, -0.2) is 4.98 Å². The van der Waals surface area contributed by atoms with Crippen LogP contribution < -0.4 is 5.32 Å². The Kier molecular flexibility index (Phi) is 4.57. The number of carbonyl (C=O) groups is 2. The lowest BCUT2D eigenvalue weighted by molar-refractivity contribution is -0.137. The normalized spacial score (nSPS) is 23.2. The van der Waals surface area contributed by atoms with Gasteiger partial charge in [-0.2, -0.15) is 0 Å². The van der Waals surface area contributed by atoms with E-state index in [1.54, 1.807) is 12.5 Å². The predicted octanol–water partition coefficient (Wildman–Crippen LogP) is 2.09. The fourth-order valence-corrected chi connectivity index (χ4v) is 2.96. The number of aryl methyl sites for hydroxylation is 1. The van der Waals surface area contributed by atoms with Gasteiger partial charge in [-0.3, -0.25) is 14.9 Å². The van der Waals surface area contributed by atoms with Crippen LogP contribution in [0.1, 0.15) is 51.6 Å². The summed E-state index contributed by atoms with van der Waals surface area (Å²) in [5.74, 6) is -0.0786. The van der Waals surface area contributed by atoms with Gasteiger partial charge in [0.05, 0.1) is 6.33 Å². The van der Waals surface area contributed by atoms with Gasteiger partial charge in [-0.05, 0) is 18.8 Å². The highest BCUT2D eigenvalue weighted by Crippen LogP contribution is 2.35. The van der Waals surface area contributed by atoms with Crippen molar-refractivity contribution in [3.05, 3.63) is 18.2 Å². The summed E-state index contributed by atoms with van der Waals surface area (Å²) in [6.45, 7) is 7.18. The van der Waals surface area contributed by atoms with Crippen molar-refractivity contribution in [1.82, 2.24) is 14.9 Å². The maximum atomic E-state index is 12.2. The smallest absolute Gasteiger partial charge is 0.230 e. The van der Waals surface area contributed by atoms with Crippen molar-refractivity contribution in [3.8, 4) is 0 Å². The molecule has 1 fully saturated rings. The van der Waals surface area contributed by atoms with Crippen molar-refractivity contribution in [1.29, 1.82) is 0 Å². The van der Waals surface area contributed by atoms with E-state index >= 15 is 0 Å². The molecule has 0 saturated carbocycles. The van der Waals surface area contributed by atoms with E-state index in [4.69, 9.17) is 0 Å². The van der Waals surface area contributed by atoms with Crippen LogP contribution in [0.25, 0.3) is 0 Å². The minimum atomic E-state index is -0.177. The van der Waals surface area contributed by atoms with Crippen molar-refractivity contribution < 1.29 is 9.59 Å². The first kappa shape index (κ1) is 14.8. The number of aromatic nitrogens is 2. The summed E-state index contributed by atoms with van der Waals surface area (Å²) in [4.78, 5) is 28.1. The maximum Gasteiger partial charge on any atom is 0.230 e. The van der Waals surface area contributed by atoms with E-state index in [9.17, 15) is 9.59 Å². The maximum absolute atomic E-state index is 12.2. The quantitative estimate of drug-likeness (QED) is 0.838. The van der Waals surface area contributed by atoms with Gasteiger partial charge < -0.3 is 4.57 Å². The summed E-state index contributed by atoms with van der Waals surface area (Å²) in [6.07, 6.45) is 5.77. The van der Waals surface area contributed by atoms with Crippen LogP contribution in [0.5, 0.6) is 0 Å². The first-order valence-electron chi connectivity index (χ1n) is 7.36. The summed E-state index contributed by atoms with van der Waals surface area (Å²) in [7, 11) is 0. The van der Waals surface area contributed by atoms with Crippen molar-refractivity contribution in [2.75, 3.05) is 0 Å². The third kappa shape index (κ3) is 3.08. The van der Waals surface area contributed by atoms with Crippen LogP contribution in [0.2, 0.25) is 0 Å². The van der Waals surface area contributed by atoms with Gasteiger partial charge >= 0.3 is 0 Å². The first-order valence-corrected chi connectivity index (χ1v) is 7.36. The molecule has 1 aliphatic rings. The SMILES string of the molecule is CCCn1cncc1C1CC(=O)NC(=O)C1CC(C)C. The van der Waals surface area contributed by atoms with Gasteiger partial charge in [0.25, 0.3) is 0 Å². The average Bonchev–Trinajstić information content (AvgIpc) is 2.80. The number of carbonyl (C=O) groups excluding carboxylic acids is 2. The fourth-order valence-electron chi connectivity index (χ4n) is 2.96. The topological polar surface area (TPSA) is 64.0 Å². The van der Waals surface area contributed by atoms with E-state index in [1.807, 2.05) is 0 Å². The molecule has 2 rings (SSSR count). The van der Waals surface area contributed by atoms with Gasteiger partial charge in [0.15, 0.2) is 0 Å². The largest absolute Gasteiger partial charge is 0.334 e. The van der Waals surface area contributed by atoms with Gasteiger partial charge in [0.1, 0.15) is 0 Å². The molecule has 5 nitrogen and oxygen atoms in total. The molecular weight excluding hydrogens is 254 g/mol. The Hall–Kier alpha value is -1.65. The predicted molar refractivity (Wildman–Crippen MR) is 76.0 cm³/mol. The number of nitrogens with zero attached hydrogens (tertiary/aromatic N) is 2. The molecule has 1 N–H and O–H groups in total. The van der Waals surface area contributed by atoms with E-state index < -0.39 is 0 Å². The molecule has 2 heterocycles. The minimum Gasteiger partial charge on any atom is -0.334 e. The van der Waals surface area contributed by atoms with Crippen LogP contribution >= 0.6 is 0 Å². The van der Waals surface area contributed by atoms with Crippen molar-refractivity contribution in [3.63, 3.8) is 0 Å². The molecule has 0 radical (unpaired) electrons. The number of imide groups is 1. The molecule has 110 valence electrons. The Bertz CT molecular complexity index is 493. The van der Waals surface area contributed by atoms with Crippen molar-refractivity contribution in [2.45, 2.75) is 52.5 Å². The number of piperidine rings is 1. The van der Waals surface area contributed by atoms with Crippen molar-refractivity contribution in [2.24, 2.45) is 11.8 Å². The Morgan fingerprint density at radius 3 is 2.85 bits per heavy atom. The van der Waals surface area contributed by atoms with Gasteiger partial charge in [-0.15, -0.1) is 0 Å². The van der Waals surface area contributed by atoms with E-state index in [0.717, 1.165) is 25.1 Å². The zero-order valence-corrected chi connectivity index (χ0v) is 12.4. The molecule has 2 unspecified atom stereocenters. The van der Waals surface area contributed by atoms with Gasteiger partial charge in [-0.1, -0.05) is 20.8 Å². The first-order chi connectivity index (χ1) is 9.52. The van der Waals surface area contributed by atoms with Gasteiger partial charge in [0, 0.05) is 36.7 Å². The number of nitrogens with one attached hydrogen (secondary N) is 1. The number of hydrogen-bond acceptors (Lipinski definition) is 3. The minimum absolute atomic E-state index is 0.0484. The highest BCUT2D eigenvalue weighted by molar-refractivity contribution is 5.99. The lowest BCUT2D eigenvalue weighted by atomic mass is 9.78. The third-order valence-electron chi connectivity index (χ3n) is 3.80. The fraction of sp³-hybridized carbons (Fsp3) is 0.667. The molecule has 0 spiro atoms. The Morgan fingerprint density at radius 2 is 2.20 bits per heavy atom. The Balaban J connectivity index is 2.30. The summed E-state index contributed by atoms with van der Waals surface area (Å²) in [5, 5.41) is 2.47. The van der Waals surface area contributed by atoms with E-state index in [1.165, 1.54) is 0 Å². The Labute approximate surface area is 119 Å². The summed E-state index contributed by atoms with van der Waals surface area (Å²) < 4.78 is 2.07. The average molecular weight is 277 g/mol. The molecule has 2 amide bonds. The lowest BCUT2D eigenvalue weighted by Gasteiger charge is -2.31. The number of hydrogen-bond donors (Lipinski definition) is 1. The highest BCUT2D eigenvalue weighted by Gasteiger charge is 2.38. The second kappa shape index (κ2) is 6.20. The Morgan fingerprint density at radius 1 is 1.45 bits per heavy atom. The van der Waals surface area contributed by atoms with Crippen molar-refractivity contribution >= 4 is 11.8 Å². The number of rotatable bonds is 5. The second-order valence-corrected chi connectivity index (χ2v) is 5.97.